The molecule has 2 fully saturated rings. The van der Waals surface area contributed by atoms with Crippen molar-refractivity contribution in [3.8, 4) is 0 Å². The molecule has 8 nitrogen and oxygen atoms in total. The number of nitrogens with zero attached hydrogens (tertiary/aromatic N) is 1. The van der Waals surface area contributed by atoms with E-state index in [-0.39, 0.29) is 33.2 Å². The molecule has 0 unspecified atom stereocenters. The molecule has 1 aliphatic heterocycles. The molecule has 10 heteroatoms. The molecular formula is C23H29N3O5S2. The van der Waals surface area contributed by atoms with Crippen LogP contribution in [0.15, 0.2) is 58.3 Å². The van der Waals surface area contributed by atoms with Crippen molar-refractivity contribution in [3.63, 3.8) is 0 Å². The van der Waals surface area contributed by atoms with Crippen LogP contribution >= 0.6 is 0 Å². The summed E-state index contributed by atoms with van der Waals surface area (Å²) in [4.78, 5) is 13.0. The van der Waals surface area contributed by atoms with Gasteiger partial charge in [-0.1, -0.05) is 19.9 Å². The monoisotopic (exact) mass is 491 g/mol. The summed E-state index contributed by atoms with van der Waals surface area (Å²) in [5.41, 5.74) is 0.624. The normalized spacial score (nSPS) is 22.1. The molecule has 2 aromatic carbocycles. The Bertz CT molecular complexity index is 1230. The highest BCUT2D eigenvalue weighted by molar-refractivity contribution is 7.89. The number of rotatable bonds is 7. The van der Waals surface area contributed by atoms with E-state index in [1.54, 1.807) is 12.1 Å². The van der Waals surface area contributed by atoms with Gasteiger partial charge in [0, 0.05) is 30.4 Å². The minimum absolute atomic E-state index is 0.00861. The molecule has 178 valence electrons. The van der Waals surface area contributed by atoms with E-state index in [2.05, 4.69) is 10.0 Å². The van der Waals surface area contributed by atoms with Gasteiger partial charge in [-0.3, -0.25) is 4.79 Å². The topological polar surface area (TPSA) is 113 Å². The largest absolute Gasteiger partial charge is 0.322 e. The van der Waals surface area contributed by atoms with Crippen molar-refractivity contribution >= 4 is 31.6 Å². The van der Waals surface area contributed by atoms with Gasteiger partial charge >= 0.3 is 0 Å². The first-order valence-electron chi connectivity index (χ1n) is 11.1. The number of amides is 1. The number of piperidine rings is 1. The SMILES string of the molecule is C[C@@H]1C[C@@H](C)CN(S(=O)(=O)c2cccc(C(=O)Nc3ccc(S(=O)(=O)NC4CC4)cc3)c2)C1. The molecule has 4 rings (SSSR count). The van der Waals surface area contributed by atoms with Crippen LogP contribution in [0.3, 0.4) is 0 Å². The molecule has 2 atom stereocenters. The van der Waals surface area contributed by atoms with E-state index in [4.69, 9.17) is 0 Å². The summed E-state index contributed by atoms with van der Waals surface area (Å²) >= 11 is 0. The molecule has 1 aliphatic carbocycles. The van der Waals surface area contributed by atoms with Gasteiger partial charge in [0.2, 0.25) is 20.0 Å². The van der Waals surface area contributed by atoms with E-state index in [9.17, 15) is 21.6 Å². The summed E-state index contributed by atoms with van der Waals surface area (Å²) in [5.74, 6) is 0.0849. The number of anilines is 1. The van der Waals surface area contributed by atoms with Crippen molar-refractivity contribution in [2.75, 3.05) is 18.4 Å². The van der Waals surface area contributed by atoms with E-state index >= 15 is 0 Å². The Labute approximate surface area is 195 Å². The molecule has 2 aromatic rings. The number of carbonyl (C=O) groups is 1. The summed E-state index contributed by atoms with van der Waals surface area (Å²) in [6.45, 7) is 5.02. The summed E-state index contributed by atoms with van der Waals surface area (Å²) in [6.07, 6.45) is 2.68. The summed E-state index contributed by atoms with van der Waals surface area (Å²) in [7, 11) is -7.27. The first kappa shape index (κ1) is 23.9. The van der Waals surface area contributed by atoms with Gasteiger partial charge in [0.1, 0.15) is 0 Å². The minimum atomic E-state index is -3.70. The van der Waals surface area contributed by atoms with Gasteiger partial charge in [-0.15, -0.1) is 0 Å². The van der Waals surface area contributed by atoms with Gasteiger partial charge in [0.25, 0.3) is 5.91 Å². The fourth-order valence-electron chi connectivity index (χ4n) is 4.16. The van der Waals surface area contributed by atoms with E-state index in [1.165, 1.54) is 40.7 Å². The highest BCUT2D eigenvalue weighted by atomic mass is 32.2. The van der Waals surface area contributed by atoms with Gasteiger partial charge in [-0.2, -0.15) is 4.31 Å². The van der Waals surface area contributed by atoms with Crippen LogP contribution in [-0.4, -0.2) is 46.2 Å². The summed E-state index contributed by atoms with van der Waals surface area (Å²) < 4.78 is 55.0. The lowest BCUT2D eigenvalue weighted by atomic mass is 9.94. The fourth-order valence-corrected chi connectivity index (χ4v) is 7.19. The number of hydrogen-bond donors (Lipinski definition) is 2. The fraction of sp³-hybridized carbons (Fsp3) is 0.435. The zero-order valence-electron chi connectivity index (χ0n) is 18.7. The minimum Gasteiger partial charge on any atom is -0.322 e. The van der Waals surface area contributed by atoms with Crippen molar-refractivity contribution in [1.82, 2.24) is 9.03 Å². The van der Waals surface area contributed by atoms with Crippen LogP contribution in [0.4, 0.5) is 5.69 Å². The predicted octanol–water partition coefficient (Wildman–Crippen LogP) is 3.05. The molecule has 0 aromatic heterocycles. The third-order valence-electron chi connectivity index (χ3n) is 5.89. The van der Waals surface area contributed by atoms with Crippen LogP contribution in [0.2, 0.25) is 0 Å². The molecule has 1 saturated carbocycles. The van der Waals surface area contributed by atoms with Gasteiger partial charge in [0.15, 0.2) is 0 Å². The van der Waals surface area contributed by atoms with Crippen molar-refractivity contribution in [3.05, 3.63) is 54.1 Å². The Kier molecular flexibility index (Phi) is 6.63. The highest BCUT2D eigenvalue weighted by Crippen LogP contribution is 2.27. The second-order valence-corrected chi connectivity index (χ2v) is 12.8. The highest BCUT2D eigenvalue weighted by Gasteiger charge is 2.32. The Morgan fingerprint density at radius 3 is 2.15 bits per heavy atom. The maximum atomic E-state index is 13.2. The van der Waals surface area contributed by atoms with Crippen LogP contribution in [0, 0.1) is 11.8 Å². The van der Waals surface area contributed by atoms with E-state index in [0.717, 1.165) is 19.3 Å². The Balaban J connectivity index is 1.47. The van der Waals surface area contributed by atoms with E-state index < -0.39 is 26.0 Å². The predicted molar refractivity (Wildman–Crippen MR) is 126 cm³/mol. The number of carbonyl (C=O) groups excluding carboxylic acids is 1. The van der Waals surface area contributed by atoms with E-state index in [0.29, 0.717) is 18.8 Å². The standard InChI is InChI=1S/C23H29N3O5S2/c1-16-12-17(2)15-26(14-16)33(30,31)22-5-3-4-18(13-22)23(27)24-19-8-10-21(11-9-19)32(28,29)25-20-6-7-20/h3-5,8-11,13,16-17,20,25H,6-7,12,14-15H2,1-2H3,(H,24,27)/t16-,17-/m1/s1. The average Bonchev–Trinajstić information content (AvgIpc) is 3.57. The van der Waals surface area contributed by atoms with Crippen LogP contribution in [0.1, 0.15) is 43.5 Å². The van der Waals surface area contributed by atoms with Crippen molar-refractivity contribution in [1.29, 1.82) is 0 Å². The molecule has 2 N–H and O–H groups in total. The average molecular weight is 492 g/mol. The molecule has 1 heterocycles. The molecule has 33 heavy (non-hydrogen) atoms. The second kappa shape index (κ2) is 9.17. The molecule has 2 aliphatic rings. The van der Waals surface area contributed by atoms with Crippen LogP contribution in [0.5, 0.6) is 0 Å². The first-order chi connectivity index (χ1) is 15.5. The van der Waals surface area contributed by atoms with Crippen molar-refractivity contribution < 1.29 is 21.6 Å². The Hall–Kier alpha value is -2.27. The number of sulfonamides is 2. The number of nitrogens with one attached hydrogen (secondary N) is 2. The molecule has 1 saturated heterocycles. The second-order valence-electron chi connectivity index (χ2n) is 9.17. The van der Waals surface area contributed by atoms with E-state index in [1.807, 2.05) is 13.8 Å². The van der Waals surface area contributed by atoms with Gasteiger partial charge in [-0.25, -0.2) is 21.6 Å². The van der Waals surface area contributed by atoms with Crippen molar-refractivity contribution in [2.24, 2.45) is 11.8 Å². The lowest BCUT2D eigenvalue weighted by Crippen LogP contribution is -2.42. The first-order valence-corrected chi connectivity index (χ1v) is 14.0. The van der Waals surface area contributed by atoms with Gasteiger partial charge < -0.3 is 5.32 Å². The Morgan fingerprint density at radius 2 is 1.55 bits per heavy atom. The van der Waals surface area contributed by atoms with Crippen LogP contribution < -0.4 is 10.0 Å². The molecule has 1 amide bonds. The maximum Gasteiger partial charge on any atom is 0.255 e. The van der Waals surface area contributed by atoms with Crippen LogP contribution in [0.25, 0.3) is 0 Å². The lowest BCUT2D eigenvalue weighted by Gasteiger charge is -2.34. The third-order valence-corrected chi connectivity index (χ3v) is 9.26. The molecule has 0 spiro atoms. The quantitative estimate of drug-likeness (QED) is 0.618. The zero-order chi connectivity index (χ0) is 23.8. The molecule has 0 radical (unpaired) electrons. The number of hydrogen-bond acceptors (Lipinski definition) is 5. The Morgan fingerprint density at radius 1 is 0.909 bits per heavy atom. The molecule has 0 bridgehead atoms. The summed E-state index contributed by atoms with van der Waals surface area (Å²) in [6, 6.07) is 11.9. The lowest BCUT2D eigenvalue weighted by molar-refractivity contribution is 0.102. The molecular weight excluding hydrogens is 462 g/mol. The van der Waals surface area contributed by atoms with Gasteiger partial charge in [0.05, 0.1) is 9.79 Å². The van der Waals surface area contributed by atoms with Gasteiger partial charge in [-0.05, 0) is 73.6 Å². The van der Waals surface area contributed by atoms with Crippen molar-refractivity contribution in [2.45, 2.75) is 48.9 Å². The zero-order valence-corrected chi connectivity index (χ0v) is 20.3. The van der Waals surface area contributed by atoms with Crippen LogP contribution in [-0.2, 0) is 20.0 Å². The summed E-state index contributed by atoms with van der Waals surface area (Å²) in [5, 5.41) is 2.70. The third kappa shape index (κ3) is 5.63. The smallest absolute Gasteiger partial charge is 0.255 e. The number of benzene rings is 2. The maximum absolute atomic E-state index is 13.2.